The Hall–Kier alpha value is -1.71. The zero-order chi connectivity index (χ0) is 13.7. The molecule has 2 aromatic carbocycles. The van der Waals surface area contributed by atoms with E-state index in [4.69, 9.17) is 16.1 Å². The number of aromatic nitrogens is 1. The zero-order valence-corrected chi connectivity index (χ0v) is 12.3. The Kier molecular flexibility index (Phi) is 2.65. The predicted octanol–water partition coefficient (Wildman–Crippen LogP) is 5.44. The van der Waals surface area contributed by atoms with Crippen LogP contribution in [0.2, 0.25) is 5.02 Å². The van der Waals surface area contributed by atoms with E-state index in [1.54, 1.807) is 11.8 Å². The predicted molar refractivity (Wildman–Crippen MR) is 81.2 cm³/mol. The van der Waals surface area contributed by atoms with Crippen LogP contribution < -0.4 is 0 Å². The van der Waals surface area contributed by atoms with E-state index < -0.39 is 0 Å². The first kappa shape index (κ1) is 12.1. The number of rotatable bonds is 0. The molecule has 0 amide bonds. The minimum absolute atomic E-state index is 0.710. The van der Waals surface area contributed by atoms with Crippen LogP contribution in [-0.4, -0.2) is 5.16 Å². The molecule has 98 valence electrons. The van der Waals surface area contributed by atoms with Gasteiger partial charge in [0.25, 0.3) is 0 Å². The van der Waals surface area contributed by atoms with Gasteiger partial charge in [-0.25, -0.2) is 0 Å². The molecule has 3 aromatic rings. The van der Waals surface area contributed by atoms with Crippen LogP contribution in [-0.2, 0) is 0 Å². The molecule has 0 saturated carbocycles. The second-order valence-corrected chi connectivity index (χ2v) is 6.22. The molecule has 20 heavy (non-hydrogen) atoms. The Balaban J connectivity index is 2.13. The van der Waals surface area contributed by atoms with E-state index in [0.717, 1.165) is 27.5 Å². The zero-order valence-electron chi connectivity index (χ0n) is 10.7. The maximum absolute atomic E-state index is 6.15. The molecule has 0 radical (unpaired) electrons. The van der Waals surface area contributed by atoms with Crippen molar-refractivity contribution >= 4 is 23.4 Å². The fourth-order valence-corrected chi connectivity index (χ4v) is 3.77. The topological polar surface area (TPSA) is 26.0 Å². The van der Waals surface area contributed by atoms with Gasteiger partial charge in [-0.1, -0.05) is 46.7 Å². The number of halogens is 1. The van der Waals surface area contributed by atoms with Crippen molar-refractivity contribution < 1.29 is 4.52 Å². The van der Waals surface area contributed by atoms with Gasteiger partial charge in [-0.05, 0) is 31.2 Å². The van der Waals surface area contributed by atoms with Gasteiger partial charge in [0.2, 0.25) is 0 Å². The van der Waals surface area contributed by atoms with Crippen molar-refractivity contribution in [2.45, 2.75) is 16.7 Å². The van der Waals surface area contributed by atoms with Crippen molar-refractivity contribution in [2.24, 2.45) is 0 Å². The maximum atomic E-state index is 6.15. The summed E-state index contributed by atoms with van der Waals surface area (Å²) < 4.78 is 5.42. The lowest BCUT2D eigenvalue weighted by atomic mass is 10.00. The monoisotopic (exact) mass is 299 g/mol. The van der Waals surface area contributed by atoms with Crippen LogP contribution in [0.15, 0.2) is 56.8 Å². The van der Waals surface area contributed by atoms with E-state index in [-0.39, 0.29) is 0 Å². The SMILES string of the molecule is Cc1onc2c1-c1ccccc1Sc1ccc(Cl)cc1-2. The smallest absolute Gasteiger partial charge is 0.142 e. The summed E-state index contributed by atoms with van der Waals surface area (Å²) in [7, 11) is 0. The van der Waals surface area contributed by atoms with Gasteiger partial charge in [0, 0.05) is 25.9 Å². The lowest BCUT2D eigenvalue weighted by Gasteiger charge is -2.05. The van der Waals surface area contributed by atoms with E-state index in [1.165, 1.54) is 10.5 Å². The average molecular weight is 300 g/mol. The largest absolute Gasteiger partial charge is 0.360 e. The van der Waals surface area contributed by atoms with Gasteiger partial charge < -0.3 is 4.52 Å². The van der Waals surface area contributed by atoms with Gasteiger partial charge >= 0.3 is 0 Å². The normalized spacial score (nSPS) is 12.3. The minimum Gasteiger partial charge on any atom is -0.360 e. The fraction of sp³-hybridized carbons (Fsp3) is 0.0625. The van der Waals surface area contributed by atoms with Crippen molar-refractivity contribution in [2.75, 3.05) is 0 Å². The molecule has 4 rings (SSSR count). The van der Waals surface area contributed by atoms with Crippen LogP contribution >= 0.6 is 23.4 Å². The third kappa shape index (κ3) is 1.70. The molecular weight excluding hydrogens is 290 g/mol. The van der Waals surface area contributed by atoms with E-state index in [9.17, 15) is 0 Å². The van der Waals surface area contributed by atoms with Crippen LogP contribution in [0.25, 0.3) is 22.4 Å². The van der Waals surface area contributed by atoms with Crippen molar-refractivity contribution in [1.82, 2.24) is 5.16 Å². The Labute approximate surface area is 125 Å². The molecule has 0 saturated heterocycles. The molecule has 0 atom stereocenters. The van der Waals surface area contributed by atoms with E-state index in [2.05, 4.69) is 23.4 Å². The van der Waals surface area contributed by atoms with Gasteiger partial charge in [0.05, 0.1) is 5.56 Å². The number of benzene rings is 2. The van der Waals surface area contributed by atoms with Gasteiger partial charge in [-0.15, -0.1) is 0 Å². The standard InChI is InChI=1S/C16H10ClNOS/c1-9-15-11-4-2-3-5-13(11)20-14-7-6-10(17)8-12(14)16(15)18-19-9/h2-8H,1H3. The third-order valence-electron chi connectivity index (χ3n) is 3.44. The molecule has 2 heterocycles. The molecule has 1 aromatic heterocycles. The summed E-state index contributed by atoms with van der Waals surface area (Å²) in [5.41, 5.74) is 4.13. The summed E-state index contributed by atoms with van der Waals surface area (Å²) in [4.78, 5) is 2.36. The quantitative estimate of drug-likeness (QED) is 0.433. The van der Waals surface area contributed by atoms with Crippen LogP contribution in [0.3, 0.4) is 0 Å². The molecule has 0 unspecified atom stereocenters. The number of fused-ring (bicyclic) bond motifs is 5. The highest BCUT2D eigenvalue weighted by Gasteiger charge is 2.25. The fourth-order valence-electron chi connectivity index (χ4n) is 2.53. The first-order chi connectivity index (χ1) is 9.74. The molecule has 0 fully saturated rings. The molecule has 1 aliphatic heterocycles. The van der Waals surface area contributed by atoms with Gasteiger partial charge in [-0.2, -0.15) is 0 Å². The summed E-state index contributed by atoms with van der Waals surface area (Å²) in [5.74, 6) is 0.834. The molecule has 1 aliphatic rings. The Morgan fingerprint density at radius 2 is 1.85 bits per heavy atom. The van der Waals surface area contributed by atoms with Crippen molar-refractivity contribution in [3.05, 3.63) is 53.2 Å². The number of hydrogen-bond donors (Lipinski definition) is 0. The number of hydrogen-bond acceptors (Lipinski definition) is 3. The van der Waals surface area contributed by atoms with E-state index in [1.807, 2.05) is 31.2 Å². The first-order valence-corrected chi connectivity index (χ1v) is 7.47. The Morgan fingerprint density at radius 1 is 1.05 bits per heavy atom. The summed E-state index contributed by atoms with van der Waals surface area (Å²) in [6, 6.07) is 14.2. The summed E-state index contributed by atoms with van der Waals surface area (Å²) in [6.45, 7) is 1.95. The summed E-state index contributed by atoms with van der Waals surface area (Å²) >= 11 is 7.89. The molecule has 0 aliphatic carbocycles. The molecule has 4 heteroatoms. The number of aryl methyl sites for hydroxylation is 1. The number of nitrogens with zero attached hydrogens (tertiary/aromatic N) is 1. The highest BCUT2D eigenvalue weighted by Crippen LogP contribution is 2.48. The third-order valence-corrected chi connectivity index (χ3v) is 4.82. The van der Waals surface area contributed by atoms with Crippen LogP contribution in [0.4, 0.5) is 0 Å². The molecular formula is C16H10ClNOS. The molecule has 2 nitrogen and oxygen atoms in total. The van der Waals surface area contributed by atoms with Crippen molar-refractivity contribution in [1.29, 1.82) is 0 Å². The van der Waals surface area contributed by atoms with Gasteiger partial charge in [-0.3, -0.25) is 0 Å². The second-order valence-electron chi connectivity index (χ2n) is 4.70. The van der Waals surface area contributed by atoms with Crippen LogP contribution in [0, 0.1) is 6.92 Å². The first-order valence-electron chi connectivity index (χ1n) is 6.27. The van der Waals surface area contributed by atoms with Crippen molar-refractivity contribution in [3.8, 4) is 22.4 Å². The Bertz CT molecular complexity index is 825. The van der Waals surface area contributed by atoms with E-state index >= 15 is 0 Å². The maximum Gasteiger partial charge on any atom is 0.142 e. The lowest BCUT2D eigenvalue weighted by molar-refractivity contribution is 0.400. The molecule has 0 spiro atoms. The lowest BCUT2D eigenvalue weighted by Crippen LogP contribution is -1.83. The van der Waals surface area contributed by atoms with Crippen LogP contribution in [0.5, 0.6) is 0 Å². The van der Waals surface area contributed by atoms with Crippen molar-refractivity contribution in [3.63, 3.8) is 0 Å². The van der Waals surface area contributed by atoms with Crippen LogP contribution in [0.1, 0.15) is 5.76 Å². The second kappa shape index (κ2) is 4.40. The minimum atomic E-state index is 0.710. The molecule has 0 N–H and O–H groups in total. The highest BCUT2D eigenvalue weighted by molar-refractivity contribution is 7.99. The van der Waals surface area contributed by atoms with E-state index in [0.29, 0.717) is 5.02 Å². The highest BCUT2D eigenvalue weighted by atomic mass is 35.5. The summed E-state index contributed by atoms with van der Waals surface area (Å²) in [5, 5.41) is 4.96. The Morgan fingerprint density at radius 3 is 2.75 bits per heavy atom. The molecule has 0 bridgehead atoms. The summed E-state index contributed by atoms with van der Waals surface area (Å²) in [6.07, 6.45) is 0. The van der Waals surface area contributed by atoms with Gasteiger partial charge in [0.1, 0.15) is 11.5 Å². The van der Waals surface area contributed by atoms with Gasteiger partial charge in [0.15, 0.2) is 0 Å². The average Bonchev–Trinajstić information content (AvgIpc) is 2.76.